The first-order valence-electron chi connectivity index (χ1n) is 7.30. The first-order chi connectivity index (χ1) is 10.6. The number of carbonyl (C=O) groups is 1. The summed E-state index contributed by atoms with van der Waals surface area (Å²) < 4.78 is 0. The van der Waals surface area contributed by atoms with Crippen LogP contribution in [-0.2, 0) is 0 Å². The largest absolute Gasteiger partial charge is 0.342 e. The lowest BCUT2D eigenvalue weighted by molar-refractivity contribution is 0.0923. The lowest BCUT2D eigenvalue weighted by Gasteiger charge is -2.20. The number of aromatic nitrogens is 3. The van der Waals surface area contributed by atoms with Crippen LogP contribution in [0.1, 0.15) is 36.1 Å². The number of pyridine rings is 1. The van der Waals surface area contributed by atoms with Gasteiger partial charge in [-0.15, -0.1) is 0 Å². The van der Waals surface area contributed by atoms with Crippen LogP contribution in [0.4, 0.5) is 0 Å². The van der Waals surface area contributed by atoms with Crippen LogP contribution in [0, 0.1) is 5.92 Å². The number of H-pyrrole nitrogens is 1. The Kier molecular flexibility index (Phi) is 3.87. The Morgan fingerprint density at radius 2 is 2.00 bits per heavy atom. The quantitative estimate of drug-likeness (QED) is 0.776. The molecule has 1 atom stereocenters. The molecule has 2 aromatic heterocycles. The summed E-state index contributed by atoms with van der Waals surface area (Å²) in [6, 6.07) is 11.2. The van der Waals surface area contributed by atoms with Crippen molar-refractivity contribution >= 4 is 16.9 Å². The van der Waals surface area contributed by atoms with E-state index in [0.29, 0.717) is 5.56 Å². The van der Waals surface area contributed by atoms with E-state index in [4.69, 9.17) is 0 Å². The molecule has 0 bridgehead atoms. The molecule has 5 heteroatoms. The summed E-state index contributed by atoms with van der Waals surface area (Å²) in [7, 11) is 0. The second-order valence-electron chi connectivity index (χ2n) is 5.58. The third-order valence-electron chi connectivity index (χ3n) is 3.58. The second kappa shape index (κ2) is 5.97. The van der Waals surface area contributed by atoms with Gasteiger partial charge in [-0.1, -0.05) is 26.0 Å². The minimum Gasteiger partial charge on any atom is -0.342 e. The smallest absolute Gasteiger partial charge is 0.253 e. The Labute approximate surface area is 128 Å². The maximum atomic E-state index is 12.4. The first-order valence-corrected chi connectivity index (χ1v) is 7.30. The highest BCUT2D eigenvalue weighted by Crippen LogP contribution is 2.22. The van der Waals surface area contributed by atoms with E-state index < -0.39 is 0 Å². The number of nitrogens with zero attached hydrogens (tertiary/aromatic N) is 2. The number of benzene rings is 1. The van der Waals surface area contributed by atoms with E-state index in [1.54, 1.807) is 24.5 Å². The van der Waals surface area contributed by atoms with Crippen molar-refractivity contribution in [2.45, 2.75) is 19.9 Å². The predicted molar refractivity (Wildman–Crippen MR) is 85.4 cm³/mol. The van der Waals surface area contributed by atoms with Crippen molar-refractivity contribution in [2.75, 3.05) is 0 Å². The van der Waals surface area contributed by atoms with Crippen LogP contribution < -0.4 is 5.32 Å². The van der Waals surface area contributed by atoms with Crippen LogP contribution >= 0.6 is 0 Å². The van der Waals surface area contributed by atoms with Crippen LogP contribution in [0.5, 0.6) is 0 Å². The van der Waals surface area contributed by atoms with Gasteiger partial charge in [0.25, 0.3) is 5.91 Å². The highest BCUT2D eigenvalue weighted by Gasteiger charge is 2.22. The first kappa shape index (κ1) is 14.3. The summed E-state index contributed by atoms with van der Waals surface area (Å²) in [5, 5.41) is 3.04. The number of hydrogen-bond acceptors (Lipinski definition) is 3. The molecular formula is C17H18N4O. The van der Waals surface area contributed by atoms with E-state index in [0.717, 1.165) is 16.9 Å². The molecule has 0 aliphatic carbocycles. The highest BCUT2D eigenvalue weighted by molar-refractivity contribution is 5.94. The van der Waals surface area contributed by atoms with E-state index >= 15 is 0 Å². The lowest BCUT2D eigenvalue weighted by Crippen LogP contribution is -2.32. The molecule has 112 valence electrons. The molecule has 22 heavy (non-hydrogen) atoms. The van der Waals surface area contributed by atoms with Crippen LogP contribution in [0.15, 0.2) is 48.8 Å². The topological polar surface area (TPSA) is 70.7 Å². The minimum absolute atomic E-state index is 0.146. The molecule has 2 heterocycles. The number of imidazole rings is 1. The van der Waals surface area contributed by atoms with Gasteiger partial charge in [0, 0.05) is 12.4 Å². The lowest BCUT2D eigenvalue weighted by atomic mass is 10.0. The predicted octanol–water partition coefficient (Wildman–Crippen LogP) is 3.09. The zero-order valence-electron chi connectivity index (χ0n) is 12.6. The van der Waals surface area contributed by atoms with Crippen LogP contribution in [0.25, 0.3) is 11.0 Å². The fourth-order valence-electron chi connectivity index (χ4n) is 2.39. The van der Waals surface area contributed by atoms with Crippen molar-refractivity contribution < 1.29 is 4.79 Å². The van der Waals surface area contributed by atoms with Crippen molar-refractivity contribution in [1.29, 1.82) is 0 Å². The van der Waals surface area contributed by atoms with E-state index in [2.05, 4.69) is 34.1 Å². The van der Waals surface area contributed by atoms with E-state index in [-0.39, 0.29) is 17.9 Å². The minimum atomic E-state index is -0.180. The van der Waals surface area contributed by atoms with Gasteiger partial charge in [0.05, 0.1) is 22.6 Å². The number of fused-ring (bicyclic) bond motifs is 1. The Bertz CT molecular complexity index is 746. The number of aromatic amines is 1. The van der Waals surface area contributed by atoms with Gasteiger partial charge >= 0.3 is 0 Å². The summed E-state index contributed by atoms with van der Waals surface area (Å²) in [6.07, 6.45) is 3.21. The van der Waals surface area contributed by atoms with Gasteiger partial charge in [0.2, 0.25) is 0 Å². The summed E-state index contributed by atoms with van der Waals surface area (Å²) in [6.45, 7) is 4.11. The molecule has 1 aromatic carbocycles. The maximum absolute atomic E-state index is 12.4. The van der Waals surface area contributed by atoms with Crippen molar-refractivity contribution in [3.63, 3.8) is 0 Å². The van der Waals surface area contributed by atoms with Gasteiger partial charge in [-0.25, -0.2) is 4.98 Å². The fraction of sp³-hybridized carbons (Fsp3) is 0.235. The number of rotatable bonds is 4. The Hall–Kier alpha value is -2.69. The molecule has 3 aromatic rings. The van der Waals surface area contributed by atoms with Gasteiger partial charge in [0.1, 0.15) is 5.82 Å². The molecule has 5 nitrogen and oxygen atoms in total. The molecule has 2 N–H and O–H groups in total. The van der Waals surface area contributed by atoms with Gasteiger partial charge in [-0.2, -0.15) is 0 Å². The van der Waals surface area contributed by atoms with Crippen molar-refractivity contribution in [3.05, 3.63) is 60.2 Å². The Morgan fingerprint density at radius 3 is 2.68 bits per heavy atom. The van der Waals surface area contributed by atoms with Gasteiger partial charge in [-0.05, 0) is 30.2 Å². The fourth-order valence-corrected chi connectivity index (χ4v) is 2.39. The molecule has 0 radical (unpaired) electrons. The molecule has 1 amide bonds. The second-order valence-corrected chi connectivity index (χ2v) is 5.58. The van der Waals surface area contributed by atoms with Crippen molar-refractivity contribution in [1.82, 2.24) is 20.3 Å². The number of hydrogen-bond donors (Lipinski definition) is 2. The van der Waals surface area contributed by atoms with E-state index in [1.165, 1.54) is 0 Å². The summed E-state index contributed by atoms with van der Waals surface area (Å²) >= 11 is 0. The molecule has 0 aliphatic heterocycles. The van der Waals surface area contributed by atoms with E-state index in [1.807, 2.05) is 24.3 Å². The monoisotopic (exact) mass is 294 g/mol. The maximum Gasteiger partial charge on any atom is 0.253 e. The Balaban J connectivity index is 1.88. The number of carbonyl (C=O) groups excluding carboxylic acids is 1. The van der Waals surface area contributed by atoms with Crippen molar-refractivity contribution in [2.24, 2.45) is 5.92 Å². The number of amides is 1. The summed E-state index contributed by atoms with van der Waals surface area (Å²) in [5.41, 5.74) is 2.42. The molecule has 0 aliphatic rings. The molecule has 0 saturated carbocycles. The van der Waals surface area contributed by atoms with E-state index in [9.17, 15) is 4.79 Å². The normalized spacial score (nSPS) is 12.5. The average molecular weight is 294 g/mol. The van der Waals surface area contributed by atoms with Crippen molar-refractivity contribution in [3.8, 4) is 0 Å². The number of nitrogens with one attached hydrogen (secondary N) is 2. The standard InChI is InChI=1S/C17H18N4O/c1-11(2)15(21-17(22)12-6-5-9-18-10-12)16-19-13-7-3-4-8-14(13)20-16/h3-11,15H,1-2H3,(H,19,20)(H,21,22). The van der Waals surface area contributed by atoms with Crippen LogP contribution in [0.3, 0.4) is 0 Å². The molecule has 1 unspecified atom stereocenters. The Morgan fingerprint density at radius 1 is 1.18 bits per heavy atom. The molecular weight excluding hydrogens is 276 g/mol. The van der Waals surface area contributed by atoms with Gasteiger partial charge in [0.15, 0.2) is 0 Å². The molecule has 3 rings (SSSR count). The third kappa shape index (κ3) is 2.83. The van der Waals surface area contributed by atoms with Crippen LogP contribution in [-0.4, -0.2) is 20.9 Å². The molecule has 0 fully saturated rings. The highest BCUT2D eigenvalue weighted by atomic mass is 16.1. The van der Waals surface area contributed by atoms with Gasteiger partial charge < -0.3 is 10.3 Å². The molecule has 0 spiro atoms. The summed E-state index contributed by atoms with van der Waals surface area (Å²) in [4.78, 5) is 24.2. The zero-order valence-corrected chi connectivity index (χ0v) is 12.6. The third-order valence-corrected chi connectivity index (χ3v) is 3.58. The summed E-state index contributed by atoms with van der Waals surface area (Å²) in [5.74, 6) is 0.835. The van der Waals surface area contributed by atoms with Crippen LogP contribution in [0.2, 0.25) is 0 Å². The SMILES string of the molecule is CC(C)C(NC(=O)c1cccnc1)c1nc2ccccc2[nH]1. The average Bonchev–Trinajstić information content (AvgIpc) is 2.96. The number of para-hydroxylation sites is 2. The zero-order chi connectivity index (χ0) is 15.5. The molecule has 0 saturated heterocycles. The van der Waals surface area contributed by atoms with Gasteiger partial charge in [-0.3, -0.25) is 9.78 Å².